The van der Waals surface area contributed by atoms with E-state index >= 15 is 0 Å². The molecule has 0 heterocycles. The molecule has 1 rings (SSSR count). The summed E-state index contributed by atoms with van der Waals surface area (Å²) >= 11 is 11.8. The van der Waals surface area contributed by atoms with Crippen LogP contribution in [0.2, 0.25) is 10.0 Å². The average Bonchev–Trinajstić information content (AvgIpc) is 2.13. The van der Waals surface area contributed by atoms with Crippen LogP contribution in [-0.2, 0) is 4.74 Å². The minimum atomic E-state index is -0.0374. The molecule has 3 nitrogen and oxygen atoms in total. The third-order valence-corrected chi connectivity index (χ3v) is 2.32. The summed E-state index contributed by atoms with van der Waals surface area (Å²) in [5.41, 5.74) is 0.725. The van der Waals surface area contributed by atoms with Crippen molar-refractivity contribution < 1.29 is 4.74 Å². The number of halogens is 2. The first kappa shape index (κ1) is 13.1. The second-order valence-electron chi connectivity index (χ2n) is 3.66. The van der Waals surface area contributed by atoms with Gasteiger partial charge in [0.05, 0.1) is 6.10 Å². The number of nitrogens with zero attached hydrogens (tertiary/aromatic N) is 1. The first-order valence-corrected chi connectivity index (χ1v) is 5.60. The molecule has 0 unspecified atom stereocenters. The SMILES string of the molecule is CC(C)OC(=N)N(C)c1cc(Cl)cc(Cl)c1. The van der Waals surface area contributed by atoms with Crippen LogP contribution in [0.3, 0.4) is 0 Å². The van der Waals surface area contributed by atoms with Gasteiger partial charge in [0.1, 0.15) is 0 Å². The lowest BCUT2D eigenvalue weighted by atomic mass is 10.3. The molecule has 0 spiro atoms. The van der Waals surface area contributed by atoms with Crippen molar-refractivity contribution in [3.05, 3.63) is 28.2 Å². The van der Waals surface area contributed by atoms with Gasteiger partial charge in [-0.3, -0.25) is 10.3 Å². The molecule has 0 fully saturated rings. The summed E-state index contributed by atoms with van der Waals surface area (Å²) in [6, 6.07) is 5.17. The topological polar surface area (TPSA) is 36.3 Å². The molecule has 16 heavy (non-hydrogen) atoms. The van der Waals surface area contributed by atoms with E-state index in [2.05, 4.69) is 0 Å². The van der Waals surface area contributed by atoms with Crippen molar-refractivity contribution in [2.24, 2.45) is 0 Å². The standard InChI is InChI=1S/C11H14Cl2N2O/c1-7(2)16-11(14)15(3)10-5-8(12)4-9(13)6-10/h4-7,14H,1-3H3. The highest BCUT2D eigenvalue weighted by Crippen LogP contribution is 2.25. The lowest BCUT2D eigenvalue weighted by Crippen LogP contribution is -2.29. The number of hydrogen-bond donors (Lipinski definition) is 1. The zero-order chi connectivity index (χ0) is 12.3. The molecule has 0 bridgehead atoms. The van der Waals surface area contributed by atoms with Crippen LogP contribution in [0.25, 0.3) is 0 Å². The molecule has 88 valence electrons. The van der Waals surface area contributed by atoms with Gasteiger partial charge in [0.2, 0.25) is 0 Å². The number of anilines is 1. The quantitative estimate of drug-likeness (QED) is 0.649. The monoisotopic (exact) mass is 260 g/mol. The van der Waals surface area contributed by atoms with Crippen molar-refractivity contribution in [2.75, 3.05) is 11.9 Å². The Kier molecular flexibility index (Phi) is 4.44. The lowest BCUT2D eigenvalue weighted by molar-refractivity contribution is 0.221. The van der Waals surface area contributed by atoms with Crippen LogP contribution in [0.1, 0.15) is 13.8 Å². The van der Waals surface area contributed by atoms with E-state index in [4.69, 9.17) is 33.3 Å². The second-order valence-corrected chi connectivity index (χ2v) is 4.53. The molecule has 1 N–H and O–H groups in total. The van der Waals surface area contributed by atoms with Crippen molar-refractivity contribution in [2.45, 2.75) is 20.0 Å². The summed E-state index contributed by atoms with van der Waals surface area (Å²) in [6.45, 7) is 3.74. The number of hydrogen-bond acceptors (Lipinski definition) is 2. The molecular weight excluding hydrogens is 247 g/mol. The third-order valence-electron chi connectivity index (χ3n) is 1.89. The van der Waals surface area contributed by atoms with Crippen molar-refractivity contribution >= 4 is 34.9 Å². The van der Waals surface area contributed by atoms with Gasteiger partial charge in [0.15, 0.2) is 0 Å². The van der Waals surface area contributed by atoms with Gasteiger partial charge in [-0.25, -0.2) is 0 Å². The summed E-state index contributed by atoms with van der Waals surface area (Å²) in [6.07, 6.45) is -0.0374. The first-order chi connectivity index (χ1) is 7.40. The first-order valence-electron chi connectivity index (χ1n) is 4.85. The largest absolute Gasteiger partial charge is 0.462 e. The van der Waals surface area contributed by atoms with Crippen LogP contribution in [0.4, 0.5) is 5.69 Å². The lowest BCUT2D eigenvalue weighted by Gasteiger charge is -2.21. The van der Waals surface area contributed by atoms with Gasteiger partial charge in [-0.15, -0.1) is 0 Å². The molecule has 0 saturated heterocycles. The predicted octanol–water partition coefficient (Wildman–Crippen LogP) is 3.79. The highest BCUT2D eigenvalue weighted by atomic mass is 35.5. The molecule has 0 amide bonds. The van der Waals surface area contributed by atoms with E-state index in [0.717, 1.165) is 5.69 Å². The molecule has 0 radical (unpaired) electrons. The number of amidine groups is 1. The normalized spacial score (nSPS) is 10.4. The van der Waals surface area contributed by atoms with E-state index in [-0.39, 0.29) is 12.1 Å². The molecule has 0 saturated carbocycles. The van der Waals surface area contributed by atoms with Gasteiger partial charge in [-0.05, 0) is 32.0 Å². The molecule has 0 aliphatic rings. The predicted molar refractivity (Wildman–Crippen MR) is 68.8 cm³/mol. The Balaban J connectivity index is 2.87. The van der Waals surface area contributed by atoms with Crippen LogP contribution in [-0.4, -0.2) is 19.2 Å². The zero-order valence-corrected chi connectivity index (χ0v) is 10.9. The molecule has 0 aliphatic carbocycles. The Morgan fingerprint density at radius 2 is 1.75 bits per heavy atom. The number of nitrogens with one attached hydrogen (secondary N) is 1. The maximum atomic E-state index is 7.72. The van der Waals surface area contributed by atoms with E-state index in [1.54, 1.807) is 30.1 Å². The Morgan fingerprint density at radius 1 is 1.25 bits per heavy atom. The van der Waals surface area contributed by atoms with Gasteiger partial charge in [0, 0.05) is 22.8 Å². The van der Waals surface area contributed by atoms with Gasteiger partial charge >= 0.3 is 0 Å². The molecule has 1 aromatic rings. The molecule has 0 aromatic heterocycles. The fraction of sp³-hybridized carbons (Fsp3) is 0.364. The summed E-state index contributed by atoms with van der Waals surface area (Å²) in [5, 5.41) is 8.79. The van der Waals surface area contributed by atoms with E-state index in [9.17, 15) is 0 Å². The smallest absolute Gasteiger partial charge is 0.288 e. The van der Waals surface area contributed by atoms with E-state index in [1.807, 2.05) is 13.8 Å². The third kappa shape index (κ3) is 3.58. The summed E-state index contributed by atoms with van der Waals surface area (Å²) in [7, 11) is 1.73. The van der Waals surface area contributed by atoms with Crippen LogP contribution < -0.4 is 4.90 Å². The van der Waals surface area contributed by atoms with Crippen molar-refractivity contribution in [3.8, 4) is 0 Å². The van der Waals surface area contributed by atoms with Gasteiger partial charge < -0.3 is 4.74 Å². The molecule has 0 atom stereocenters. The number of benzene rings is 1. The van der Waals surface area contributed by atoms with E-state index < -0.39 is 0 Å². The minimum absolute atomic E-state index is 0.0374. The molecule has 1 aromatic carbocycles. The molecule has 5 heteroatoms. The van der Waals surface area contributed by atoms with Gasteiger partial charge in [-0.1, -0.05) is 23.2 Å². The van der Waals surface area contributed by atoms with Crippen molar-refractivity contribution in [1.29, 1.82) is 5.41 Å². The Morgan fingerprint density at radius 3 is 2.19 bits per heavy atom. The fourth-order valence-electron chi connectivity index (χ4n) is 1.15. The molecule has 0 aliphatic heterocycles. The highest BCUT2D eigenvalue weighted by molar-refractivity contribution is 6.35. The number of ether oxygens (including phenoxy) is 1. The van der Waals surface area contributed by atoms with E-state index in [0.29, 0.717) is 10.0 Å². The average molecular weight is 261 g/mol. The summed E-state index contributed by atoms with van der Waals surface area (Å²) in [5.74, 6) is 0. The summed E-state index contributed by atoms with van der Waals surface area (Å²) < 4.78 is 5.27. The van der Waals surface area contributed by atoms with Crippen molar-refractivity contribution in [1.82, 2.24) is 0 Å². The fourth-order valence-corrected chi connectivity index (χ4v) is 1.67. The maximum absolute atomic E-state index is 7.72. The van der Waals surface area contributed by atoms with Crippen LogP contribution in [0.5, 0.6) is 0 Å². The van der Waals surface area contributed by atoms with Crippen LogP contribution in [0.15, 0.2) is 18.2 Å². The molecular formula is C11H14Cl2N2O. The van der Waals surface area contributed by atoms with Crippen LogP contribution >= 0.6 is 23.2 Å². The highest BCUT2D eigenvalue weighted by Gasteiger charge is 2.11. The Bertz CT molecular complexity index is 373. The van der Waals surface area contributed by atoms with Crippen molar-refractivity contribution in [3.63, 3.8) is 0 Å². The second kappa shape index (κ2) is 5.41. The maximum Gasteiger partial charge on any atom is 0.288 e. The zero-order valence-electron chi connectivity index (χ0n) is 9.42. The summed E-state index contributed by atoms with van der Waals surface area (Å²) in [4.78, 5) is 1.58. The number of rotatable bonds is 2. The minimum Gasteiger partial charge on any atom is -0.462 e. The Labute approximate surface area is 105 Å². The van der Waals surface area contributed by atoms with Gasteiger partial charge in [-0.2, -0.15) is 0 Å². The Hall–Kier alpha value is -0.930. The van der Waals surface area contributed by atoms with E-state index in [1.165, 1.54) is 0 Å². The van der Waals surface area contributed by atoms with Crippen LogP contribution in [0, 0.1) is 5.41 Å². The van der Waals surface area contributed by atoms with Gasteiger partial charge in [0.25, 0.3) is 6.02 Å².